The van der Waals surface area contributed by atoms with E-state index in [1.807, 2.05) is 37.4 Å². The third-order valence-electron chi connectivity index (χ3n) is 4.61. The van der Waals surface area contributed by atoms with Crippen molar-refractivity contribution in [3.8, 4) is 0 Å². The standard InChI is InChI=1S/C18H20N2O3/c1-12-13(9-17(22)23-2)7-8-20(11-21)18(12)15-10-19-16-6-4-3-5-14(15)16/h3-6,10-11,18-19H,7-9H2,1-2H3. The lowest BCUT2D eigenvalue weighted by molar-refractivity contribution is -0.139. The van der Waals surface area contributed by atoms with Gasteiger partial charge in [0.2, 0.25) is 6.41 Å². The molecule has 0 spiro atoms. The number of H-pyrrole nitrogens is 1. The van der Waals surface area contributed by atoms with Crippen molar-refractivity contribution in [2.45, 2.75) is 25.8 Å². The quantitative estimate of drug-likeness (QED) is 0.536. The Balaban J connectivity index is 2.07. The van der Waals surface area contributed by atoms with Gasteiger partial charge in [-0.2, -0.15) is 0 Å². The highest BCUT2D eigenvalue weighted by molar-refractivity contribution is 5.84. The zero-order valence-electron chi connectivity index (χ0n) is 13.3. The Labute approximate surface area is 134 Å². The Hall–Kier alpha value is -2.56. The van der Waals surface area contributed by atoms with Crippen LogP contribution in [-0.2, 0) is 14.3 Å². The minimum Gasteiger partial charge on any atom is -0.469 e. The average molecular weight is 312 g/mol. The molecule has 2 aromatic rings. The van der Waals surface area contributed by atoms with Crippen molar-refractivity contribution in [1.29, 1.82) is 0 Å². The molecule has 0 aliphatic carbocycles. The zero-order valence-corrected chi connectivity index (χ0v) is 13.3. The molecular formula is C18H20N2O3. The summed E-state index contributed by atoms with van der Waals surface area (Å²) >= 11 is 0. The molecule has 0 saturated heterocycles. The number of para-hydroxylation sites is 1. The third kappa shape index (κ3) is 2.74. The zero-order chi connectivity index (χ0) is 16.4. The molecule has 1 amide bonds. The Morgan fingerprint density at radius 1 is 1.43 bits per heavy atom. The fraction of sp³-hybridized carbons (Fsp3) is 0.333. The smallest absolute Gasteiger partial charge is 0.309 e. The number of fused-ring (bicyclic) bond motifs is 1. The van der Waals surface area contributed by atoms with Crippen LogP contribution in [0.15, 0.2) is 41.6 Å². The number of aromatic nitrogens is 1. The van der Waals surface area contributed by atoms with E-state index in [1.54, 1.807) is 4.90 Å². The normalized spacial score (nSPS) is 18.3. The van der Waals surface area contributed by atoms with Gasteiger partial charge in [-0.05, 0) is 25.0 Å². The molecule has 3 rings (SSSR count). The Morgan fingerprint density at radius 3 is 2.96 bits per heavy atom. The summed E-state index contributed by atoms with van der Waals surface area (Å²) in [5.41, 5.74) is 4.22. The summed E-state index contributed by atoms with van der Waals surface area (Å²) in [6.45, 7) is 2.61. The van der Waals surface area contributed by atoms with Gasteiger partial charge in [0.05, 0.1) is 19.6 Å². The van der Waals surface area contributed by atoms with E-state index in [2.05, 4.69) is 4.98 Å². The van der Waals surface area contributed by atoms with Crippen molar-refractivity contribution >= 4 is 23.3 Å². The van der Waals surface area contributed by atoms with Gasteiger partial charge in [0.1, 0.15) is 0 Å². The Kier molecular flexibility index (Phi) is 4.19. The number of rotatable bonds is 4. The minimum absolute atomic E-state index is 0.142. The molecule has 1 aromatic carbocycles. The van der Waals surface area contributed by atoms with Gasteiger partial charge in [0.25, 0.3) is 0 Å². The fourth-order valence-corrected chi connectivity index (χ4v) is 3.35. The number of benzene rings is 1. The number of methoxy groups -OCH3 is 1. The first-order chi connectivity index (χ1) is 11.2. The molecule has 1 unspecified atom stereocenters. The molecule has 120 valence electrons. The molecule has 0 saturated carbocycles. The van der Waals surface area contributed by atoms with Gasteiger partial charge < -0.3 is 14.6 Å². The number of amides is 1. The maximum atomic E-state index is 11.6. The Morgan fingerprint density at radius 2 is 2.22 bits per heavy atom. The maximum Gasteiger partial charge on any atom is 0.309 e. The van der Waals surface area contributed by atoms with Crippen molar-refractivity contribution in [3.05, 3.63) is 47.2 Å². The fourth-order valence-electron chi connectivity index (χ4n) is 3.35. The van der Waals surface area contributed by atoms with Crippen molar-refractivity contribution in [3.63, 3.8) is 0 Å². The van der Waals surface area contributed by atoms with Crippen molar-refractivity contribution in [2.24, 2.45) is 0 Å². The van der Waals surface area contributed by atoms with E-state index in [9.17, 15) is 9.59 Å². The van der Waals surface area contributed by atoms with Crippen LogP contribution in [0.3, 0.4) is 0 Å². The summed E-state index contributed by atoms with van der Waals surface area (Å²) in [5.74, 6) is -0.239. The number of aromatic amines is 1. The molecule has 5 nitrogen and oxygen atoms in total. The molecule has 2 heterocycles. The van der Waals surface area contributed by atoms with Gasteiger partial charge >= 0.3 is 5.97 Å². The maximum absolute atomic E-state index is 11.6. The number of esters is 1. The molecule has 1 N–H and O–H groups in total. The second kappa shape index (κ2) is 6.28. The highest BCUT2D eigenvalue weighted by Crippen LogP contribution is 2.38. The van der Waals surface area contributed by atoms with Crippen molar-refractivity contribution in [1.82, 2.24) is 9.88 Å². The van der Waals surface area contributed by atoms with Crippen LogP contribution in [0.2, 0.25) is 0 Å². The molecule has 1 aliphatic heterocycles. The van der Waals surface area contributed by atoms with Crippen LogP contribution in [-0.4, -0.2) is 35.9 Å². The van der Waals surface area contributed by atoms with E-state index in [0.29, 0.717) is 13.0 Å². The monoisotopic (exact) mass is 312 g/mol. The first-order valence-electron chi connectivity index (χ1n) is 7.68. The first kappa shape index (κ1) is 15.3. The number of hydrogen-bond acceptors (Lipinski definition) is 3. The van der Waals surface area contributed by atoms with E-state index < -0.39 is 0 Å². The van der Waals surface area contributed by atoms with Crippen LogP contribution in [0.25, 0.3) is 10.9 Å². The van der Waals surface area contributed by atoms with Crippen LogP contribution in [0.4, 0.5) is 0 Å². The molecule has 1 aromatic heterocycles. The summed E-state index contributed by atoms with van der Waals surface area (Å²) in [5, 5.41) is 1.10. The molecule has 0 fully saturated rings. The summed E-state index contributed by atoms with van der Waals surface area (Å²) in [4.78, 5) is 28.2. The predicted octanol–water partition coefficient (Wildman–Crippen LogP) is 2.95. The number of nitrogens with zero attached hydrogens (tertiary/aromatic N) is 1. The molecule has 0 radical (unpaired) electrons. The molecule has 1 atom stereocenters. The molecule has 23 heavy (non-hydrogen) atoms. The highest BCUT2D eigenvalue weighted by Gasteiger charge is 2.30. The summed E-state index contributed by atoms with van der Waals surface area (Å²) < 4.78 is 4.79. The lowest BCUT2D eigenvalue weighted by Crippen LogP contribution is -2.34. The first-order valence-corrected chi connectivity index (χ1v) is 7.68. The lowest BCUT2D eigenvalue weighted by atomic mass is 9.88. The molecule has 0 bridgehead atoms. The van der Waals surface area contributed by atoms with Gasteiger partial charge in [-0.3, -0.25) is 9.59 Å². The number of carbonyl (C=O) groups is 2. The van der Waals surface area contributed by atoms with Crippen LogP contribution in [0.5, 0.6) is 0 Å². The molecule has 1 aliphatic rings. The van der Waals surface area contributed by atoms with Crippen LogP contribution in [0.1, 0.15) is 31.4 Å². The average Bonchev–Trinajstić information content (AvgIpc) is 3.00. The number of nitrogens with one attached hydrogen (secondary N) is 1. The molecule has 5 heteroatoms. The van der Waals surface area contributed by atoms with Gasteiger partial charge in [-0.1, -0.05) is 23.8 Å². The molecular weight excluding hydrogens is 292 g/mol. The van der Waals surface area contributed by atoms with E-state index in [-0.39, 0.29) is 18.4 Å². The van der Waals surface area contributed by atoms with Crippen LogP contribution >= 0.6 is 0 Å². The largest absolute Gasteiger partial charge is 0.469 e. The third-order valence-corrected chi connectivity index (χ3v) is 4.61. The van der Waals surface area contributed by atoms with Gasteiger partial charge in [-0.15, -0.1) is 0 Å². The number of carbonyl (C=O) groups excluding carboxylic acids is 2. The lowest BCUT2D eigenvalue weighted by Gasteiger charge is -2.35. The van der Waals surface area contributed by atoms with E-state index in [0.717, 1.165) is 34.0 Å². The van der Waals surface area contributed by atoms with Crippen molar-refractivity contribution < 1.29 is 14.3 Å². The summed E-state index contributed by atoms with van der Waals surface area (Å²) in [7, 11) is 1.40. The van der Waals surface area contributed by atoms with Gasteiger partial charge in [0.15, 0.2) is 0 Å². The topological polar surface area (TPSA) is 62.4 Å². The SMILES string of the molecule is COC(=O)CC1=C(C)C(c2c[nH]c3ccccc23)N(C=O)CC1. The number of ether oxygens (including phenoxy) is 1. The van der Waals surface area contributed by atoms with E-state index in [1.165, 1.54) is 7.11 Å². The number of hydrogen-bond donors (Lipinski definition) is 1. The summed E-state index contributed by atoms with van der Waals surface area (Å²) in [6, 6.07) is 7.89. The summed E-state index contributed by atoms with van der Waals surface area (Å²) in [6.07, 6.45) is 3.84. The van der Waals surface area contributed by atoms with Gasteiger partial charge in [0, 0.05) is 29.2 Å². The highest BCUT2D eigenvalue weighted by atomic mass is 16.5. The predicted molar refractivity (Wildman–Crippen MR) is 87.8 cm³/mol. The second-order valence-electron chi connectivity index (χ2n) is 5.82. The van der Waals surface area contributed by atoms with E-state index >= 15 is 0 Å². The Bertz CT molecular complexity index is 775. The van der Waals surface area contributed by atoms with E-state index in [4.69, 9.17) is 4.74 Å². The van der Waals surface area contributed by atoms with Crippen molar-refractivity contribution in [2.75, 3.05) is 13.7 Å². The minimum atomic E-state index is -0.239. The van der Waals surface area contributed by atoms with Gasteiger partial charge in [-0.25, -0.2) is 0 Å². The second-order valence-corrected chi connectivity index (χ2v) is 5.82. The van der Waals surface area contributed by atoms with Crippen LogP contribution in [0, 0.1) is 0 Å². The van der Waals surface area contributed by atoms with Crippen LogP contribution < -0.4 is 0 Å².